The Balaban J connectivity index is 1.47. The first kappa shape index (κ1) is 18.3. The molecule has 1 N–H and O–H groups in total. The van der Waals surface area contributed by atoms with Crippen molar-refractivity contribution in [2.24, 2.45) is 0 Å². The van der Waals surface area contributed by atoms with Gasteiger partial charge < -0.3 is 14.5 Å². The molecule has 1 atom stereocenters. The highest BCUT2D eigenvalue weighted by Gasteiger charge is 2.26. The number of benzene rings is 2. The zero-order chi connectivity index (χ0) is 19.2. The van der Waals surface area contributed by atoms with Gasteiger partial charge >= 0.3 is 0 Å². The molecule has 1 saturated heterocycles. The summed E-state index contributed by atoms with van der Waals surface area (Å²) in [6, 6.07) is 20.7. The van der Waals surface area contributed by atoms with Crippen LogP contribution in [0.25, 0.3) is 0 Å². The van der Waals surface area contributed by atoms with E-state index in [0.717, 1.165) is 18.8 Å². The smallest absolute Gasteiger partial charge is 0.255 e. The van der Waals surface area contributed by atoms with E-state index in [9.17, 15) is 4.79 Å². The lowest BCUT2D eigenvalue weighted by molar-refractivity contribution is 0.0931. The quantitative estimate of drug-likeness (QED) is 0.653. The summed E-state index contributed by atoms with van der Waals surface area (Å²) < 4.78 is 11.6. The van der Waals surface area contributed by atoms with E-state index in [2.05, 4.69) is 10.2 Å². The van der Waals surface area contributed by atoms with E-state index in [1.165, 1.54) is 12.8 Å². The van der Waals surface area contributed by atoms with Crippen LogP contribution in [0.4, 0.5) is 0 Å². The van der Waals surface area contributed by atoms with Crippen molar-refractivity contribution in [1.29, 1.82) is 0 Å². The van der Waals surface area contributed by atoms with Gasteiger partial charge in [-0.3, -0.25) is 9.69 Å². The normalized spacial score (nSPS) is 15.3. The van der Waals surface area contributed by atoms with Gasteiger partial charge in [-0.2, -0.15) is 0 Å². The van der Waals surface area contributed by atoms with Gasteiger partial charge in [-0.1, -0.05) is 30.3 Å². The molecule has 1 aromatic heterocycles. The summed E-state index contributed by atoms with van der Waals surface area (Å²) in [7, 11) is 0. The minimum absolute atomic E-state index is 0.0450. The molecule has 1 aliphatic heterocycles. The maximum atomic E-state index is 12.9. The highest BCUT2D eigenvalue weighted by atomic mass is 16.5. The first-order valence-electron chi connectivity index (χ1n) is 9.69. The summed E-state index contributed by atoms with van der Waals surface area (Å²) in [6.45, 7) is 2.54. The van der Waals surface area contributed by atoms with Crippen LogP contribution in [0.3, 0.4) is 0 Å². The molecule has 1 unspecified atom stereocenters. The summed E-state index contributed by atoms with van der Waals surface area (Å²) in [5.74, 6) is 1.98. The van der Waals surface area contributed by atoms with Crippen molar-refractivity contribution in [1.82, 2.24) is 10.2 Å². The number of likely N-dealkylation sites (tertiary alicyclic amines) is 1. The van der Waals surface area contributed by atoms with Crippen LogP contribution in [-0.4, -0.2) is 30.4 Å². The lowest BCUT2D eigenvalue weighted by Crippen LogP contribution is -2.36. The average molecular weight is 376 g/mol. The van der Waals surface area contributed by atoms with Crippen LogP contribution < -0.4 is 10.1 Å². The molecular formula is C23H24N2O3. The summed E-state index contributed by atoms with van der Waals surface area (Å²) in [6.07, 6.45) is 4.04. The molecule has 1 fully saturated rings. The van der Waals surface area contributed by atoms with Gasteiger partial charge in [0.05, 0.1) is 17.9 Å². The fourth-order valence-corrected chi connectivity index (χ4v) is 3.59. The predicted molar refractivity (Wildman–Crippen MR) is 108 cm³/mol. The number of para-hydroxylation sites is 2. The van der Waals surface area contributed by atoms with E-state index in [1.54, 1.807) is 12.3 Å². The van der Waals surface area contributed by atoms with Gasteiger partial charge in [0, 0.05) is 6.54 Å². The molecule has 5 nitrogen and oxygen atoms in total. The second-order valence-corrected chi connectivity index (χ2v) is 6.90. The van der Waals surface area contributed by atoms with Crippen LogP contribution in [0.5, 0.6) is 11.5 Å². The molecule has 1 aliphatic rings. The largest absolute Gasteiger partial charge is 0.468 e. The van der Waals surface area contributed by atoms with Gasteiger partial charge in [0.25, 0.3) is 5.91 Å². The number of carbonyl (C=O) groups excluding carboxylic acids is 1. The number of rotatable bonds is 7. The third-order valence-electron chi connectivity index (χ3n) is 5.01. The second kappa shape index (κ2) is 8.76. The molecule has 28 heavy (non-hydrogen) atoms. The Bertz CT molecular complexity index is 887. The molecule has 2 heterocycles. The first-order chi connectivity index (χ1) is 13.8. The summed E-state index contributed by atoms with van der Waals surface area (Å²) in [4.78, 5) is 15.3. The number of amides is 1. The highest BCUT2D eigenvalue weighted by Crippen LogP contribution is 2.27. The maximum Gasteiger partial charge on any atom is 0.255 e. The van der Waals surface area contributed by atoms with Crippen LogP contribution in [0, 0.1) is 0 Å². The van der Waals surface area contributed by atoms with Gasteiger partial charge in [-0.25, -0.2) is 0 Å². The number of ether oxygens (including phenoxy) is 1. The van der Waals surface area contributed by atoms with Crippen molar-refractivity contribution in [3.05, 3.63) is 84.3 Å². The van der Waals surface area contributed by atoms with E-state index in [0.29, 0.717) is 23.6 Å². The zero-order valence-corrected chi connectivity index (χ0v) is 15.7. The van der Waals surface area contributed by atoms with Gasteiger partial charge in [0.1, 0.15) is 17.3 Å². The molecule has 0 spiro atoms. The van der Waals surface area contributed by atoms with E-state index < -0.39 is 0 Å². The maximum absolute atomic E-state index is 12.9. The lowest BCUT2D eigenvalue weighted by atomic mass is 10.1. The van der Waals surface area contributed by atoms with Crippen molar-refractivity contribution < 1.29 is 13.9 Å². The minimum atomic E-state index is -0.151. The van der Waals surface area contributed by atoms with Crippen molar-refractivity contribution in [2.45, 2.75) is 18.9 Å². The molecule has 4 rings (SSSR count). The molecule has 0 saturated carbocycles. The van der Waals surface area contributed by atoms with Crippen LogP contribution in [0.15, 0.2) is 77.4 Å². The van der Waals surface area contributed by atoms with Crippen LogP contribution in [0.2, 0.25) is 0 Å². The Kier molecular flexibility index (Phi) is 5.73. The van der Waals surface area contributed by atoms with Gasteiger partial charge in [-0.05, 0) is 62.3 Å². The minimum Gasteiger partial charge on any atom is -0.468 e. The van der Waals surface area contributed by atoms with Crippen LogP contribution >= 0.6 is 0 Å². The summed E-state index contributed by atoms with van der Waals surface area (Å²) in [5, 5.41) is 3.07. The Hall–Kier alpha value is -3.05. The number of hydrogen-bond acceptors (Lipinski definition) is 4. The average Bonchev–Trinajstić information content (AvgIpc) is 3.44. The van der Waals surface area contributed by atoms with Gasteiger partial charge in [-0.15, -0.1) is 0 Å². The summed E-state index contributed by atoms with van der Waals surface area (Å²) in [5.41, 5.74) is 0.519. The predicted octanol–water partition coefficient (Wildman–Crippen LogP) is 4.64. The number of hydrogen-bond donors (Lipinski definition) is 1. The third-order valence-corrected chi connectivity index (χ3v) is 5.01. The highest BCUT2D eigenvalue weighted by molar-refractivity contribution is 5.97. The second-order valence-electron chi connectivity index (χ2n) is 6.90. The monoisotopic (exact) mass is 376 g/mol. The standard InChI is InChI=1S/C23H24N2O3/c26-23(19-11-4-5-12-21(19)28-18-9-2-1-3-10-18)24-17-20(22-13-8-16-27-22)25-14-6-7-15-25/h1-5,8-13,16,20H,6-7,14-15,17H2,(H,24,26). The fraction of sp³-hybridized carbons (Fsp3) is 0.261. The van der Waals surface area contributed by atoms with E-state index >= 15 is 0 Å². The molecular weight excluding hydrogens is 352 g/mol. The fourth-order valence-electron chi connectivity index (χ4n) is 3.59. The Morgan fingerprint density at radius 3 is 2.50 bits per heavy atom. The van der Waals surface area contributed by atoms with E-state index in [4.69, 9.17) is 9.15 Å². The SMILES string of the molecule is O=C(NCC(c1ccco1)N1CCCC1)c1ccccc1Oc1ccccc1. The summed E-state index contributed by atoms with van der Waals surface area (Å²) >= 11 is 0. The van der Waals surface area contributed by atoms with Gasteiger partial charge in [0.15, 0.2) is 0 Å². The number of carbonyl (C=O) groups is 1. The van der Waals surface area contributed by atoms with Crippen molar-refractivity contribution in [2.75, 3.05) is 19.6 Å². The Morgan fingerprint density at radius 2 is 1.75 bits per heavy atom. The van der Waals surface area contributed by atoms with Crippen molar-refractivity contribution in [3.8, 4) is 11.5 Å². The third kappa shape index (κ3) is 4.26. The molecule has 0 radical (unpaired) electrons. The Labute approximate surface area is 164 Å². The molecule has 2 aromatic carbocycles. The van der Waals surface area contributed by atoms with Crippen molar-refractivity contribution in [3.63, 3.8) is 0 Å². The molecule has 1 amide bonds. The molecule has 3 aromatic rings. The van der Waals surface area contributed by atoms with Crippen LogP contribution in [-0.2, 0) is 0 Å². The number of nitrogens with one attached hydrogen (secondary N) is 1. The van der Waals surface area contributed by atoms with E-state index in [-0.39, 0.29) is 11.9 Å². The van der Waals surface area contributed by atoms with E-state index in [1.807, 2.05) is 60.7 Å². The topological polar surface area (TPSA) is 54.7 Å². The van der Waals surface area contributed by atoms with Crippen LogP contribution in [0.1, 0.15) is 35.0 Å². The Morgan fingerprint density at radius 1 is 1.00 bits per heavy atom. The molecule has 0 aliphatic carbocycles. The lowest BCUT2D eigenvalue weighted by Gasteiger charge is -2.26. The number of nitrogens with zero attached hydrogens (tertiary/aromatic N) is 1. The number of furan rings is 1. The molecule has 144 valence electrons. The van der Waals surface area contributed by atoms with Gasteiger partial charge in [0.2, 0.25) is 0 Å². The van der Waals surface area contributed by atoms with Crippen molar-refractivity contribution >= 4 is 5.91 Å². The molecule has 0 bridgehead atoms. The molecule has 5 heteroatoms. The first-order valence-corrected chi connectivity index (χ1v) is 9.69. The zero-order valence-electron chi connectivity index (χ0n) is 15.7.